The van der Waals surface area contributed by atoms with Gasteiger partial charge in [-0.05, 0) is 36.1 Å². The quantitative estimate of drug-likeness (QED) is 0.608. The maximum Gasteiger partial charge on any atom is 0.103 e. The number of aromatic nitrogens is 1. The molecule has 0 bridgehead atoms. The lowest BCUT2D eigenvalue weighted by atomic mass is 10.1. The summed E-state index contributed by atoms with van der Waals surface area (Å²) in [6.07, 6.45) is 0. The highest BCUT2D eigenvalue weighted by atomic mass is 32.1. The maximum absolute atomic E-state index is 5.03. The van der Waals surface area contributed by atoms with E-state index in [0.717, 1.165) is 10.2 Å². The van der Waals surface area contributed by atoms with Gasteiger partial charge in [-0.1, -0.05) is 24.4 Å². The topological polar surface area (TPSA) is 15.8 Å². The van der Waals surface area contributed by atoms with Gasteiger partial charge in [0.15, 0.2) is 0 Å². The monoisotopic (exact) mass is 175 g/mol. The van der Waals surface area contributed by atoms with Crippen molar-refractivity contribution in [2.24, 2.45) is 0 Å². The number of nitrogens with one attached hydrogen (secondary N) is 1. The molecule has 2 rings (SSSR count). The number of fused-ring (bicyclic) bond motifs is 1. The van der Waals surface area contributed by atoms with E-state index in [1.807, 2.05) is 12.1 Å². The zero-order valence-electron chi connectivity index (χ0n) is 6.79. The van der Waals surface area contributed by atoms with Gasteiger partial charge in [0, 0.05) is 5.52 Å². The first kappa shape index (κ1) is 7.50. The van der Waals surface area contributed by atoms with Crippen LogP contribution < -0.4 is 0 Å². The van der Waals surface area contributed by atoms with E-state index in [9.17, 15) is 0 Å². The van der Waals surface area contributed by atoms with Gasteiger partial charge in [0.05, 0.1) is 0 Å². The van der Waals surface area contributed by atoms with Crippen molar-refractivity contribution in [3.05, 3.63) is 40.5 Å². The number of benzene rings is 1. The van der Waals surface area contributed by atoms with Crippen LogP contribution in [0, 0.1) is 11.6 Å². The number of pyridine rings is 1. The highest BCUT2D eigenvalue weighted by Gasteiger charge is 1.91. The second kappa shape index (κ2) is 2.72. The van der Waals surface area contributed by atoms with Crippen LogP contribution in [-0.4, -0.2) is 4.98 Å². The van der Waals surface area contributed by atoms with Gasteiger partial charge in [0.1, 0.15) is 4.64 Å². The average Bonchev–Trinajstić information content (AvgIpc) is 2.03. The summed E-state index contributed by atoms with van der Waals surface area (Å²) in [6.45, 7) is 2.07. The summed E-state index contributed by atoms with van der Waals surface area (Å²) in [5, 5.41) is 1.20. The standard InChI is InChI=1S/C10H9NS/c1-7-2-3-8-4-5-10(12)11-9(8)6-7/h2-6H,1H3,(H,11,12). The number of H-pyrrole nitrogens is 1. The number of aryl methyl sites for hydroxylation is 1. The van der Waals surface area contributed by atoms with E-state index in [-0.39, 0.29) is 0 Å². The number of hydrogen-bond acceptors (Lipinski definition) is 1. The Bertz CT molecular complexity index is 470. The van der Waals surface area contributed by atoms with Crippen molar-refractivity contribution in [3.63, 3.8) is 0 Å². The van der Waals surface area contributed by atoms with Crippen LogP contribution in [0.25, 0.3) is 10.9 Å². The fourth-order valence-electron chi connectivity index (χ4n) is 1.26. The second-order valence-corrected chi connectivity index (χ2v) is 3.35. The SMILES string of the molecule is Cc1ccc2ccc(=S)[nH]c2c1. The largest absolute Gasteiger partial charge is 0.346 e. The molecule has 2 aromatic rings. The third-order valence-corrected chi connectivity index (χ3v) is 2.12. The molecular weight excluding hydrogens is 166 g/mol. The van der Waals surface area contributed by atoms with E-state index in [0.29, 0.717) is 0 Å². The highest BCUT2D eigenvalue weighted by Crippen LogP contribution is 2.12. The van der Waals surface area contributed by atoms with Crippen LogP contribution in [0.5, 0.6) is 0 Å². The third kappa shape index (κ3) is 1.25. The van der Waals surface area contributed by atoms with Crippen LogP contribution in [0.1, 0.15) is 5.56 Å². The molecule has 0 saturated carbocycles. The molecule has 0 fully saturated rings. The molecule has 0 radical (unpaired) electrons. The first-order chi connectivity index (χ1) is 5.75. The molecular formula is C10H9NS. The molecule has 0 spiro atoms. The van der Waals surface area contributed by atoms with Crippen LogP contribution in [0.3, 0.4) is 0 Å². The zero-order chi connectivity index (χ0) is 8.55. The summed E-state index contributed by atoms with van der Waals surface area (Å²) in [7, 11) is 0. The molecule has 0 aliphatic carbocycles. The Balaban J connectivity index is 2.89. The Morgan fingerprint density at radius 2 is 1.92 bits per heavy atom. The van der Waals surface area contributed by atoms with Gasteiger partial charge in [-0.15, -0.1) is 0 Å². The number of rotatable bonds is 0. The normalized spacial score (nSPS) is 10.4. The van der Waals surface area contributed by atoms with Gasteiger partial charge in [0.25, 0.3) is 0 Å². The number of hydrogen-bond donors (Lipinski definition) is 1. The van der Waals surface area contributed by atoms with Gasteiger partial charge in [-0.3, -0.25) is 0 Å². The van der Waals surface area contributed by atoms with Gasteiger partial charge >= 0.3 is 0 Å². The average molecular weight is 175 g/mol. The molecule has 2 heteroatoms. The molecule has 0 aliphatic rings. The molecule has 1 aromatic heterocycles. The zero-order valence-corrected chi connectivity index (χ0v) is 7.61. The molecule has 60 valence electrons. The minimum Gasteiger partial charge on any atom is -0.346 e. The van der Waals surface area contributed by atoms with E-state index in [1.54, 1.807) is 0 Å². The molecule has 0 saturated heterocycles. The lowest BCUT2D eigenvalue weighted by Gasteiger charge is -1.98. The predicted molar refractivity (Wildman–Crippen MR) is 53.9 cm³/mol. The number of aromatic amines is 1. The smallest absolute Gasteiger partial charge is 0.103 e. The van der Waals surface area contributed by atoms with Crippen LogP contribution in [0.4, 0.5) is 0 Å². The molecule has 0 amide bonds. The molecule has 1 heterocycles. The molecule has 1 aromatic carbocycles. The molecule has 12 heavy (non-hydrogen) atoms. The lowest BCUT2D eigenvalue weighted by Crippen LogP contribution is -1.79. The Hall–Kier alpha value is -1.15. The van der Waals surface area contributed by atoms with Crippen LogP contribution in [0.15, 0.2) is 30.3 Å². The molecule has 0 unspecified atom stereocenters. The fraction of sp³-hybridized carbons (Fsp3) is 0.100. The molecule has 1 nitrogen and oxygen atoms in total. The summed E-state index contributed by atoms with van der Waals surface area (Å²) in [4.78, 5) is 3.15. The Morgan fingerprint density at radius 1 is 1.17 bits per heavy atom. The van der Waals surface area contributed by atoms with Crippen molar-refractivity contribution in [2.45, 2.75) is 6.92 Å². The van der Waals surface area contributed by atoms with E-state index in [2.05, 4.69) is 30.1 Å². The van der Waals surface area contributed by atoms with Gasteiger partial charge in [0.2, 0.25) is 0 Å². The van der Waals surface area contributed by atoms with Gasteiger partial charge in [-0.2, -0.15) is 0 Å². The summed E-state index contributed by atoms with van der Waals surface area (Å²) in [5.41, 5.74) is 2.36. The van der Waals surface area contributed by atoms with Crippen molar-refractivity contribution >= 4 is 23.1 Å². The Labute approximate surface area is 76.1 Å². The first-order valence-corrected chi connectivity index (χ1v) is 4.26. The Kier molecular flexibility index (Phi) is 1.70. The summed E-state index contributed by atoms with van der Waals surface area (Å²) in [5.74, 6) is 0. The van der Waals surface area contributed by atoms with Crippen molar-refractivity contribution in [2.75, 3.05) is 0 Å². The minimum atomic E-state index is 0.785. The predicted octanol–water partition coefficient (Wildman–Crippen LogP) is 3.21. The van der Waals surface area contributed by atoms with E-state index in [1.165, 1.54) is 10.9 Å². The maximum atomic E-state index is 5.03. The lowest BCUT2D eigenvalue weighted by molar-refractivity contribution is 1.36. The van der Waals surface area contributed by atoms with Crippen molar-refractivity contribution in [3.8, 4) is 0 Å². The highest BCUT2D eigenvalue weighted by molar-refractivity contribution is 7.71. The second-order valence-electron chi connectivity index (χ2n) is 2.91. The van der Waals surface area contributed by atoms with Gasteiger partial charge < -0.3 is 4.98 Å². The van der Waals surface area contributed by atoms with Crippen LogP contribution in [0.2, 0.25) is 0 Å². The third-order valence-electron chi connectivity index (χ3n) is 1.88. The fourth-order valence-corrected chi connectivity index (χ4v) is 1.44. The van der Waals surface area contributed by atoms with Crippen LogP contribution in [-0.2, 0) is 0 Å². The minimum absolute atomic E-state index is 0.785. The molecule has 0 aliphatic heterocycles. The van der Waals surface area contributed by atoms with E-state index in [4.69, 9.17) is 12.2 Å². The van der Waals surface area contributed by atoms with E-state index >= 15 is 0 Å². The summed E-state index contributed by atoms with van der Waals surface area (Å²) >= 11 is 5.03. The van der Waals surface area contributed by atoms with Crippen LogP contribution >= 0.6 is 12.2 Å². The summed E-state index contributed by atoms with van der Waals surface area (Å²) in [6, 6.07) is 10.2. The van der Waals surface area contributed by atoms with Crippen molar-refractivity contribution < 1.29 is 0 Å². The van der Waals surface area contributed by atoms with Crippen molar-refractivity contribution in [1.29, 1.82) is 0 Å². The Morgan fingerprint density at radius 3 is 2.75 bits per heavy atom. The van der Waals surface area contributed by atoms with Gasteiger partial charge in [-0.25, -0.2) is 0 Å². The van der Waals surface area contributed by atoms with Crippen molar-refractivity contribution in [1.82, 2.24) is 4.98 Å². The molecule has 1 N–H and O–H groups in total. The summed E-state index contributed by atoms with van der Waals surface area (Å²) < 4.78 is 0.785. The van der Waals surface area contributed by atoms with E-state index < -0.39 is 0 Å². The molecule has 0 atom stereocenters. The first-order valence-electron chi connectivity index (χ1n) is 3.85.